The molecule has 0 amide bonds. The van der Waals surface area contributed by atoms with Gasteiger partial charge in [-0.25, -0.2) is 0 Å². The summed E-state index contributed by atoms with van der Waals surface area (Å²) in [5.41, 5.74) is 0. The van der Waals surface area contributed by atoms with Crippen LogP contribution >= 0.6 is 28.6 Å². The maximum atomic E-state index is 8.70. The molecule has 54 valence electrons. The summed E-state index contributed by atoms with van der Waals surface area (Å²) in [7, 11) is 0. The van der Waals surface area contributed by atoms with Crippen molar-refractivity contribution in [2.45, 2.75) is 0 Å². The molecule has 0 fully saturated rings. The van der Waals surface area contributed by atoms with Crippen LogP contribution in [0.25, 0.3) is 0 Å². The summed E-state index contributed by atoms with van der Waals surface area (Å²) in [6.45, 7) is 0. The molecule has 0 aliphatic carbocycles. The molecular weight excluding hydrogens is 243 g/mol. The molecule has 4 heteroatoms. The van der Waals surface area contributed by atoms with Gasteiger partial charge < -0.3 is 5.11 Å². The van der Waals surface area contributed by atoms with Gasteiger partial charge in [0.05, 0.1) is 0 Å². The first-order valence-corrected chi connectivity index (χ1v) is 2.61. The Balaban J connectivity index is 0. The van der Waals surface area contributed by atoms with E-state index in [1.807, 2.05) is 0 Å². The Labute approximate surface area is 105 Å². The van der Waals surface area contributed by atoms with Crippen LogP contribution in [0, 0.1) is 0 Å². The molecule has 0 spiro atoms. The molecule has 1 aromatic rings. The van der Waals surface area contributed by atoms with E-state index in [9.17, 15) is 0 Å². The molecule has 0 saturated carbocycles. The van der Waals surface area contributed by atoms with Crippen LogP contribution in [-0.2, 0) is 0 Å². The Bertz CT molecular complexity index is 157. The van der Waals surface area contributed by atoms with Gasteiger partial charge in [0.2, 0.25) is 0 Å². The third kappa shape index (κ3) is 4.80. The van der Waals surface area contributed by atoms with Gasteiger partial charge in [0, 0.05) is 5.02 Å². The van der Waals surface area contributed by atoms with Gasteiger partial charge in [-0.1, -0.05) is 11.6 Å². The van der Waals surface area contributed by atoms with E-state index in [0.717, 1.165) is 0 Å². The van der Waals surface area contributed by atoms with Crippen LogP contribution in [0.1, 0.15) is 0 Å². The van der Waals surface area contributed by atoms with Crippen molar-refractivity contribution in [3.05, 3.63) is 29.3 Å². The van der Waals surface area contributed by atoms with Crippen molar-refractivity contribution in [2.75, 3.05) is 0 Å². The molecule has 10 heavy (non-hydrogen) atoms. The number of phenols is 1. The SMILES string of the molecule is Br.Oc1ccc(Cl)cc1.[CaH2]. The first-order valence-electron chi connectivity index (χ1n) is 2.23. The van der Waals surface area contributed by atoms with Crippen molar-refractivity contribution < 1.29 is 5.11 Å². The molecule has 1 aromatic carbocycles. The monoisotopic (exact) mass is 250 g/mol. The molecule has 0 saturated heterocycles. The van der Waals surface area contributed by atoms with Crippen molar-refractivity contribution in [2.24, 2.45) is 0 Å². The molecule has 0 aliphatic heterocycles. The van der Waals surface area contributed by atoms with Crippen LogP contribution in [0.2, 0.25) is 5.02 Å². The molecule has 1 rings (SSSR count). The average Bonchev–Trinajstić information content (AvgIpc) is 1.77. The Morgan fingerprint density at radius 1 is 1.10 bits per heavy atom. The first-order chi connectivity index (χ1) is 3.79. The van der Waals surface area contributed by atoms with E-state index in [0.29, 0.717) is 5.02 Å². The first kappa shape index (κ1) is 13.6. The van der Waals surface area contributed by atoms with Gasteiger partial charge in [0.15, 0.2) is 0 Å². The van der Waals surface area contributed by atoms with Gasteiger partial charge in [0.1, 0.15) is 5.75 Å². The van der Waals surface area contributed by atoms with Crippen molar-refractivity contribution in [1.29, 1.82) is 0 Å². The molecule has 0 aliphatic rings. The van der Waals surface area contributed by atoms with Crippen LogP contribution in [0.4, 0.5) is 0 Å². The second-order valence-electron chi connectivity index (χ2n) is 1.48. The van der Waals surface area contributed by atoms with Crippen molar-refractivity contribution in [1.82, 2.24) is 0 Å². The van der Waals surface area contributed by atoms with Crippen LogP contribution < -0.4 is 0 Å². The van der Waals surface area contributed by atoms with Crippen LogP contribution in [0.15, 0.2) is 24.3 Å². The van der Waals surface area contributed by atoms with E-state index < -0.39 is 0 Å². The molecule has 0 bridgehead atoms. The zero-order valence-corrected chi connectivity index (χ0v) is 7.01. The Kier molecular flexibility index (Phi) is 9.19. The fourth-order valence-electron chi connectivity index (χ4n) is 0.441. The van der Waals surface area contributed by atoms with Gasteiger partial charge in [-0.05, 0) is 24.3 Å². The van der Waals surface area contributed by atoms with E-state index in [-0.39, 0.29) is 60.5 Å². The molecule has 1 nitrogen and oxygen atoms in total. The fraction of sp³-hybridized carbons (Fsp3) is 0. The van der Waals surface area contributed by atoms with E-state index in [4.69, 9.17) is 16.7 Å². The Morgan fingerprint density at radius 3 is 1.80 bits per heavy atom. The number of halogens is 2. The summed E-state index contributed by atoms with van der Waals surface area (Å²) in [6, 6.07) is 6.36. The minimum atomic E-state index is 0. The third-order valence-electron chi connectivity index (χ3n) is 0.827. The zero-order chi connectivity index (χ0) is 5.98. The second-order valence-corrected chi connectivity index (χ2v) is 1.91. The summed E-state index contributed by atoms with van der Waals surface area (Å²) >= 11 is 5.50. The fourth-order valence-corrected chi connectivity index (χ4v) is 0.567. The topological polar surface area (TPSA) is 20.2 Å². The third-order valence-corrected chi connectivity index (χ3v) is 1.08. The molecule has 0 atom stereocenters. The predicted octanol–water partition coefficient (Wildman–Crippen LogP) is 1.71. The number of phenolic OH excluding ortho intramolecular Hbond substituents is 1. The summed E-state index contributed by atoms with van der Waals surface area (Å²) < 4.78 is 0. The van der Waals surface area contributed by atoms with Gasteiger partial charge >= 0.3 is 37.7 Å². The summed E-state index contributed by atoms with van der Waals surface area (Å²) in [4.78, 5) is 0. The molecular formula is C6H8BrCaClO. The number of aromatic hydroxyl groups is 1. The number of rotatable bonds is 0. The van der Waals surface area contributed by atoms with Gasteiger partial charge in [-0.15, -0.1) is 17.0 Å². The number of benzene rings is 1. The van der Waals surface area contributed by atoms with Crippen molar-refractivity contribution >= 4 is 66.3 Å². The summed E-state index contributed by atoms with van der Waals surface area (Å²) in [5, 5.41) is 9.34. The van der Waals surface area contributed by atoms with Crippen LogP contribution in [0.3, 0.4) is 0 Å². The summed E-state index contributed by atoms with van der Waals surface area (Å²) in [5.74, 6) is 0.245. The van der Waals surface area contributed by atoms with Gasteiger partial charge in [-0.3, -0.25) is 0 Å². The second kappa shape index (κ2) is 6.74. The zero-order valence-electron chi connectivity index (χ0n) is 4.54. The van der Waals surface area contributed by atoms with Crippen LogP contribution in [0.5, 0.6) is 5.75 Å². The molecule has 1 N–H and O–H groups in total. The van der Waals surface area contributed by atoms with Crippen molar-refractivity contribution in [3.63, 3.8) is 0 Å². The normalized spacial score (nSPS) is 7.30. The van der Waals surface area contributed by atoms with E-state index >= 15 is 0 Å². The minimum absolute atomic E-state index is 0. The average molecular weight is 252 g/mol. The molecule has 0 radical (unpaired) electrons. The standard InChI is InChI=1S/C6H5ClO.BrH.Ca.2H/c7-5-1-3-6(8)4-2-5;;;;/h1-4,8H;1H;;;. The van der Waals surface area contributed by atoms with Gasteiger partial charge in [0.25, 0.3) is 0 Å². The maximum absolute atomic E-state index is 8.70. The van der Waals surface area contributed by atoms with Gasteiger partial charge in [-0.2, -0.15) is 0 Å². The predicted molar refractivity (Wildman–Crippen MR) is 52.0 cm³/mol. The van der Waals surface area contributed by atoms with Crippen molar-refractivity contribution in [3.8, 4) is 5.75 Å². The molecule has 0 aromatic heterocycles. The molecule has 0 unspecified atom stereocenters. The Morgan fingerprint density at radius 2 is 1.50 bits per heavy atom. The number of hydrogen-bond acceptors (Lipinski definition) is 1. The van der Waals surface area contributed by atoms with E-state index in [1.165, 1.54) is 0 Å². The molecule has 0 heterocycles. The quantitative estimate of drug-likeness (QED) is 0.696. The number of hydrogen-bond donors (Lipinski definition) is 1. The summed E-state index contributed by atoms with van der Waals surface area (Å²) in [6.07, 6.45) is 0. The Hall–Kier alpha value is 1.05. The van der Waals surface area contributed by atoms with Crippen LogP contribution in [-0.4, -0.2) is 42.8 Å². The van der Waals surface area contributed by atoms with E-state index in [1.54, 1.807) is 24.3 Å². The van der Waals surface area contributed by atoms with E-state index in [2.05, 4.69) is 0 Å².